The highest BCUT2D eigenvalue weighted by Gasteiger charge is 2.37. The third kappa shape index (κ3) is 5.38. The maximum absolute atomic E-state index is 12.7. The van der Waals surface area contributed by atoms with E-state index in [0.717, 1.165) is 5.56 Å². The molecular weight excluding hydrogens is 388 g/mol. The Kier molecular flexibility index (Phi) is 6.16. The molecule has 2 aromatic carbocycles. The maximum Gasteiger partial charge on any atom is 0.299 e. The Labute approximate surface area is 161 Å². The van der Waals surface area contributed by atoms with Gasteiger partial charge in [-0.3, -0.25) is 0 Å². The molecule has 6 nitrogen and oxygen atoms in total. The van der Waals surface area contributed by atoms with Gasteiger partial charge in [0.1, 0.15) is 0 Å². The summed E-state index contributed by atoms with van der Waals surface area (Å²) >= 11 is 0. The summed E-state index contributed by atoms with van der Waals surface area (Å²) in [5.41, 5.74) is 0.458. The molecule has 0 saturated heterocycles. The van der Waals surface area contributed by atoms with Crippen molar-refractivity contribution in [1.29, 1.82) is 0 Å². The van der Waals surface area contributed by atoms with Crippen LogP contribution in [0.3, 0.4) is 0 Å². The molecule has 0 aliphatic rings. The predicted molar refractivity (Wildman–Crippen MR) is 102 cm³/mol. The number of hydrogen-bond acceptors (Lipinski definition) is 6. The van der Waals surface area contributed by atoms with Crippen molar-refractivity contribution in [2.45, 2.75) is 50.7 Å². The first kappa shape index (κ1) is 21.6. The maximum atomic E-state index is 12.7. The van der Waals surface area contributed by atoms with Crippen LogP contribution in [0, 0.1) is 19.3 Å². The van der Waals surface area contributed by atoms with Gasteiger partial charge in [-0.15, -0.1) is 0 Å². The van der Waals surface area contributed by atoms with E-state index in [2.05, 4.69) is 0 Å². The number of benzene rings is 2. The van der Waals surface area contributed by atoms with Crippen molar-refractivity contribution in [3.63, 3.8) is 0 Å². The molecule has 0 amide bonds. The van der Waals surface area contributed by atoms with Gasteiger partial charge in [0.25, 0.3) is 20.2 Å². The lowest BCUT2D eigenvalue weighted by molar-refractivity contribution is -0.0640. The Morgan fingerprint density at radius 1 is 0.778 bits per heavy atom. The molecule has 148 valence electrons. The molecule has 0 aromatic heterocycles. The molecule has 2 rings (SSSR count). The fraction of sp³-hybridized carbons (Fsp3) is 0.368. The van der Waals surface area contributed by atoms with Gasteiger partial charge in [0.05, 0.1) is 9.79 Å². The molecule has 2 aromatic rings. The topological polar surface area (TPSA) is 86.7 Å². The van der Waals surface area contributed by atoms with Crippen LogP contribution in [0.5, 0.6) is 0 Å². The second-order valence-corrected chi connectivity index (χ2v) is 10.5. The summed E-state index contributed by atoms with van der Waals surface area (Å²) in [6.45, 7) is 8.36. The van der Waals surface area contributed by atoms with E-state index < -0.39 is 31.9 Å². The molecular formula is C19H24O6S2. The van der Waals surface area contributed by atoms with Crippen molar-refractivity contribution >= 4 is 20.2 Å². The molecule has 27 heavy (non-hydrogen) atoms. The molecule has 1 atom stereocenters. The Morgan fingerprint density at radius 2 is 1.30 bits per heavy atom. The fourth-order valence-electron chi connectivity index (χ4n) is 2.18. The van der Waals surface area contributed by atoms with Crippen LogP contribution in [0.15, 0.2) is 58.3 Å². The smallest absolute Gasteiger partial charge is 0.232 e. The van der Waals surface area contributed by atoms with Crippen molar-refractivity contribution in [3.8, 4) is 0 Å². The first-order valence-electron chi connectivity index (χ1n) is 8.32. The highest BCUT2D eigenvalue weighted by atomic mass is 32.2. The first-order valence-corrected chi connectivity index (χ1v) is 11.1. The SMILES string of the molecule is Cc1ccc(S(=O)(=O)OC(OS(=O)(=O)c2ccccc2C)C(C)(C)C)cc1. The second kappa shape index (κ2) is 7.71. The van der Waals surface area contributed by atoms with Gasteiger partial charge < -0.3 is 0 Å². The van der Waals surface area contributed by atoms with Crippen molar-refractivity contribution in [2.75, 3.05) is 0 Å². The third-order valence-corrected chi connectivity index (χ3v) is 6.51. The lowest BCUT2D eigenvalue weighted by Gasteiger charge is -2.29. The first-order chi connectivity index (χ1) is 12.3. The highest BCUT2D eigenvalue weighted by Crippen LogP contribution is 2.31. The zero-order valence-electron chi connectivity index (χ0n) is 16.0. The van der Waals surface area contributed by atoms with Gasteiger partial charge >= 0.3 is 0 Å². The molecule has 0 fully saturated rings. The summed E-state index contributed by atoms with van der Waals surface area (Å²) in [6.07, 6.45) is -1.53. The lowest BCUT2D eigenvalue weighted by atomic mass is 9.96. The molecule has 0 N–H and O–H groups in total. The van der Waals surface area contributed by atoms with Gasteiger partial charge in [-0.25, -0.2) is 8.37 Å². The van der Waals surface area contributed by atoms with Gasteiger partial charge in [0, 0.05) is 5.41 Å². The Morgan fingerprint density at radius 3 is 1.81 bits per heavy atom. The van der Waals surface area contributed by atoms with Crippen molar-refractivity contribution < 1.29 is 25.2 Å². The molecule has 0 heterocycles. The average molecular weight is 413 g/mol. The lowest BCUT2D eigenvalue weighted by Crippen LogP contribution is -2.36. The van der Waals surface area contributed by atoms with Gasteiger partial charge in [0.15, 0.2) is 6.29 Å². The zero-order chi connectivity index (χ0) is 20.5. The van der Waals surface area contributed by atoms with E-state index in [1.165, 1.54) is 18.2 Å². The summed E-state index contributed by atoms with van der Waals surface area (Å²) in [4.78, 5) is -0.102. The minimum absolute atomic E-state index is 0.0319. The Balaban J connectivity index is 2.37. The van der Waals surface area contributed by atoms with Crippen LogP contribution in [0.25, 0.3) is 0 Å². The summed E-state index contributed by atoms with van der Waals surface area (Å²) in [7, 11) is -8.44. The molecule has 8 heteroatoms. The second-order valence-electron chi connectivity index (χ2n) is 7.38. The van der Waals surface area contributed by atoms with Gasteiger partial charge in [0.2, 0.25) is 0 Å². The molecule has 0 aliphatic heterocycles. The van der Waals surface area contributed by atoms with Gasteiger partial charge in [-0.05, 0) is 37.6 Å². The molecule has 0 aliphatic carbocycles. The number of aryl methyl sites for hydroxylation is 2. The minimum atomic E-state index is -4.22. The Hall–Kier alpha value is -1.74. The molecule has 0 bridgehead atoms. The normalized spacial score (nSPS) is 14.1. The summed E-state index contributed by atoms with van der Waals surface area (Å²) in [5.74, 6) is 0. The fourth-order valence-corrected chi connectivity index (χ4v) is 4.74. The van der Waals surface area contributed by atoms with E-state index in [1.54, 1.807) is 58.0 Å². The largest absolute Gasteiger partial charge is 0.299 e. The summed E-state index contributed by atoms with van der Waals surface area (Å²) < 4.78 is 61.0. The van der Waals surface area contributed by atoms with E-state index in [9.17, 15) is 16.8 Å². The highest BCUT2D eigenvalue weighted by molar-refractivity contribution is 7.87. The zero-order valence-corrected chi connectivity index (χ0v) is 17.6. The van der Waals surface area contributed by atoms with Crippen LogP contribution < -0.4 is 0 Å². The van der Waals surface area contributed by atoms with Crippen LogP contribution >= 0.6 is 0 Å². The number of hydrogen-bond donors (Lipinski definition) is 0. The van der Waals surface area contributed by atoms with E-state index in [4.69, 9.17) is 8.37 Å². The average Bonchev–Trinajstić information content (AvgIpc) is 2.53. The van der Waals surface area contributed by atoms with E-state index in [1.807, 2.05) is 6.92 Å². The summed E-state index contributed by atoms with van der Waals surface area (Å²) in [6, 6.07) is 12.4. The van der Waals surface area contributed by atoms with Gasteiger partial charge in [-0.1, -0.05) is 56.7 Å². The van der Waals surface area contributed by atoms with Crippen molar-refractivity contribution in [1.82, 2.24) is 0 Å². The van der Waals surface area contributed by atoms with Crippen LogP contribution in [-0.2, 0) is 28.6 Å². The van der Waals surface area contributed by atoms with Crippen LogP contribution in [0.2, 0.25) is 0 Å². The van der Waals surface area contributed by atoms with Gasteiger partial charge in [-0.2, -0.15) is 16.8 Å². The number of rotatable bonds is 6. The summed E-state index contributed by atoms with van der Waals surface area (Å²) in [5, 5.41) is 0. The van der Waals surface area contributed by atoms with Crippen LogP contribution in [0.1, 0.15) is 31.9 Å². The molecule has 1 unspecified atom stereocenters. The van der Waals surface area contributed by atoms with Crippen molar-refractivity contribution in [3.05, 3.63) is 59.7 Å². The van der Waals surface area contributed by atoms with E-state index in [-0.39, 0.29) is 9.79 Å². The van der Waals surface area contributed by atoms with Crippen LogP contribution in [-0.4, -0.2) is 23.1 Å². The van der Waals surface area contributed by atoms with E-state index in [0.29, 0.717) is 5.56 Å². The molecule has 0 saturated carbocycles. The minimum Gasteiger partial charge on any atom is -0.232 e. The monoisotopic (exact) mass is 412 g/mol. The third-order valence-electron chi connectivity index (χ3n) is 3.81. The predicted octanol–water partition coefficient (Wildman–Crippen LogP) is 3.79. The Bertz CT molecular complexity index is 1000. The standard InChI is InChI=1S/C19H24O6S2/c1-14-10-12-16(13-11-14)26(20,21)24-18(19(3,4)5)25-27(22,23)17-9-7-6-8-15(17)2/h6-13,18H,1-5H3. The van der Waals surface area contributed by atoms with E-state index >= 15 is 0 Å². The van der Waals surface area contributed by atoms with Crippen molar-refractivity contribution in [2.24, 2.45) is 5.41 Å². The van der Waals surface area contributed by atoms with Crippen LogP contribution in [0.4, 0.5) is 0 Å². The quantitative estimate of drug-likeness (QED) is 0.530. The molecule has 0 radical (unpaired) electrons. The molecule has 0 spiro atoms.